The number of hydrogen-bond acceptors (Lipinski definition) is 22. The Bertz CT molecular complexity index is 5090. The minimum absolute atomic E-state index is 0.0144. The number of likely N-dealkylation sites (tertiary alicyclic amines) is 1. The van der Waals surface area contributed by atoms with E-state index in [0.29, 0.717) is 53.1 Å². The average Bonchev–Trinajstić information content (AvgIpc) is 1.52. The van der Waals surface area contributed by atoms with E-state index in [4.69, 9.17) is 17.3 Å². The molecule has 12 atom stereocenters. The topological polar surface area (TPSA) is 598 Å². The van der Waals surface area contributed by atoms with Gasteiger partial charge in [0.2, 0.25) is 88.6 Å². The molecule has 0 spiro atoms. The second-order valence-corrected chi connectivity index (χ2v) is 35.0. The van der Waals surface area contributed by atoms with Crippen molar-refractivity contribution in [2.24, 2.45) is 17.1 Å². The van der Waals surface area contributed by atoms with Crippen LogP contribution in [0.1, 0.15) is 135 Å². The number of urea groups is 2. The van der Waals surface area contributed by atoms with Crippen LogP contribution in [0.5, 0.6) is 0 Å². The maximum Gasteiger partial charge on any atom is 0.322 e. The van der Waals surface area contributed by atoms with Crippen molar-refractivity contribution >= 4 is 134 Å². The van der Waals surface area contributed by atoms with Crippen LogP contribution < -0.4 is 96.1 Å². The summed E-state index contributed by atoms with van der Waals surface area (Å²) in [6, 6.07) is 16.7. The van der Waals surface area contributed by atoms with Crippen LogP contribution in [0, 0.1) is 11.3 Å². The van der Waals surface area contributed by atoms with Gasteiger partial charge in [0.15, 0.2) is 0 Å². The van der Waals surface area contributed by atoms with E-state index in [1.165, 1.54) is 93.5 Å². The van der Waals surface area contributed by atoms with E-state index in [9.17, 15) is 68.1 Å². The summed E-state index contributed by atoms with van der Waals surface area (Å²) in [4.78, 5) is 241. The van der Waals surface area contributed by atoms with Crippen molar-refractivity contribution in [3.05, 3.63) is 173 Å². The Morgan fingerprint density at radius 3 is 1.58 bits per heavy atom. The van der Waals surface area contributed by atoms with E-state index in [-0.39, 0.29) is 100 Å². The van der Waals surface area contributed by atoms with Crippen LogP contribution >= 0.6 is 11.6 Å². The van der Waals surface area contributed by atoms with E-state index in [1.54, 1.807) is 56.3 Å². The van der Waals surface area contributed by atoms with Gasteiger partial charge in [-0.25, -0.2) is 9.59 Å². The van der Waals surface area contributed by atoms with E-state index in [0.717, 1.165) is 10.8 Å². The molecular weight excluding hydrogens is 1750 g/mol. The molecule has 3 heterocycles. The molecule has 5 aromatic carbocycles. The molecule has 0 aliphatic carbocycles. The number of nitrogens with two attached hydrogens (primary N) is 1. The molecule has 1 aromatic heterocycles. The quantitative estimate of drug-likeness (QED) is 0.0226. The second kappa shape index (κ2) is 52.0. The number of fused-ring (bicyclic) bond motifs is 1. The van der Waals surface area contributed by atoms with Crippen molar-refractivity contribution in [2.75, 3.05) is 56.6 Å². The summed E-state index contributed by atoms with van der Waals surface area (Å²) >= 11 is 6.29. The number of halogens is 1. The molecule has 6 aromatic rings. The van der Waals surface area contributed by atoms with Crippen molar-refractivity contribution in [3.63, 3.8) is 0 Å². The zero-order valence-corrected chi connectivity index (χ0v) is 76.9. The van der Waals surface area contributed by atoms with Crippen LogP contribution in [-0.2, 0) is 104 Å². The molecule has 2 unspecified atom stereocenters. The van der Waals surface area contributed by atoms with Gasteiger partial charge in [0.25, 0.3) is 0 Å². The largest absolute Gasteiger partial charge is 0.396 e. The van der Waals surface area contributed by atoms with Gasteiger partial charge in [-0.2, -0.15) is 0 Å². The van der Waals surface area contributed by atoms with Crippen LogP contribution in [0.3, 0.4) is 0 Å². The highest BCUT2D eigenvalue weighted by Gasteiger charge is 2.42. The molecule has 40 nitrogen and oxygen atoms in total. The van der Waals surface area contributed by atoms with Gasteiger partial charge in [0, 0.05) is 112 Å². The van der Waals surface area contributed by atoms with E-state index in [1.807, 2.05) is 55.6 Å². The van der Waals surface area contributed by atoms with Gasteiger partial charge in [-0.15, -0.1) is 0 Å². The molecule has 2 aliphatic heterocycles. The summed E-state index contributed by atoms with van der Waals surface area (Å²) in [6.45, 7) is 11.8. The predicted molar refractivity (Wildman–Crippen MR) is 495 cm³/mol. The Morgan fingerprint density at radius 2 is 1.04 bits per heavy atom. The first kappa shape index (κ1) is 106. The average molecular weight is 1880 g/mol. The minimum atomic E-state index is -1.97. The van der Waals surface area contributed by atoms with Crippen LogP contribution in [0.2, 0.25) is 5.02 Å². The maximum absolute atomic E-state index is 15.7. The fourth-order valence-corrected chi connectivity index (χ4v) is 14.8. The Hall–Kier alpha value is -13.6. The molecule has 0 saturated carbocycles. The third-order valence-corrected chi connectivity index (χ3v) is 22.5. The molecule has 2 fully saturated rings. The highest BCUT2D eigenvalue weighted by atomic mass is 35.5. The molecule has 8 rings (SSSR count). The lowest BCUT2D eigenvalue weighted by Gasteiger charge is -2.31. The molecule has 2 aliphatic rings. The van der Waals surface area contributed by atoms with Crippen LogP contribution in [-0.4, -0.2) is 250 Å². The summed E-state index contributed by atoms with van der Waals surface area (Å²) in [5.41, 5.74) is 6.81. The van der Waals surface area contributed by atoms with E-state index >= 15 is 28.8 Å². The number of primary amides is 1. The zero-order chi connectivity index (χ0) is 97.9. The number of unbranched alkanes of at least 4 members (excludes halogenated alkanes) is 1. The van der Waals surface area contributed by atoms with Gasteiger partial charge in [-0.1, -0.05) is 138 Å². The fourth-order valence-electron chi connectivity index (χ4n) is 14.7. The third-order valence-electron chi connectivity index (χ3n) is 22.2. The SMILES string of the molecule is CC(=O)N[C@H](Cc1ccc2ccccc2c1)C(=O)N[C@H](Cc1ccc(Cl)cc1)C(=O)N[C@H](Cc1cccnc1)C(=O)N[C@@H](CO)C(=O)N[C@@H](Cc1ccc(NC(=O)C2CC(=O)NC(=O)N2)cc1)C(=O)N[C@H](Cc1ccc(NC(=O)NCCNC(=O)CCNC(=O)C(O)C(C)(C)CO)cc1)C(=O)N[C@@H](CC(C)C)C(=O)N[C@@H](CCCCNC(C)C)C(=O)N1CCC[C@H]1C(=O)N[C@H](C)C(N)=O. The first-order valence-corrected chi connectivity index (χ1v) is 44.9. The monoisotopic (exact) mass is 1870 g/mol. The number of carbonyl (C=O) groups excluding carboxylic acids is 17. The van der Waals surface area contributed by atoms with Gasteiger partial charge in [-0.3, -0.25) is 82.2 Å². The molecule has 22 N–H and O–H groups in total. The summed E-state index contributed by atoms with van der Waals surface area (Å²) < 4.78 is 0. The zero-order valence-electron chi connectivity index (χ0n) is 76.1. The maximum atomic E-state index is 15.7. The Kier molecular flexibility index (Phi) is 41.1. The highest BCUT2D eigenvalue weighted by molar-refractivity contribution is 6.30. The van der Waals surface area contributed by atoms with Crippen LogP contribution in [0.4, 0.5) is 21.0 Å². The Balaban J connectivity index is 1.10. The van der Waals surface area contributed by atoms with Gasteiger partial charge in [-0.05, 0) is 139 Å². The van der Waals surface area contributed by atoms with Gasteiger partial charge in [0.1, 0.15) is 72.6 Å². The molecule has 0 radical (unpaired) electrons. The van der Waals surface area contributed by atoms with Crippen molar-refractivity contribution in [3.8, 4) is 0 Å². The summed E-state index contributed by atoms with van der Waals surface area (Å²) in [7, 11) is 0. The number of aliphatic hydroxyl groups excluding tert-OH is 3. The Labute approximate surface area is 780 Å². The molecule has 2 saturated heterocycles. The van der Waals surface area contributed by atoms with Crippen molar-refractivity contribution in [2.45, 2.75) is 217 Å². The smallest absolute Gasteiger partial charge is 0.322 e. The van der Waals surface area contributed by atoms with Gasteiger partial charge < -0.3 is 111 Å². The van der Waals surface area contributed by atoms with Crippen molar-refractivity contribution in [1.82, 2.24) is 89.6 Å². The third kappa shape index (κ3) is 34.2. The lowest BCUT2D eigenvalue weighted by molar-refractivity contribution is -0.142. The number of benzene rings is 5. The molecule has 19 amide bonds. The number of imide groups is 1. The number of aliphatic hydroxyl groups is 3. The highest BCUT2D eigenvalue weighted by Crippen LogP contribution is 2.25. The number of amides is 19. The molecule has 722 valence electrons. The second-order valence-electron chi connectivity index (χ2n) is 34.6. The summed E-state index contributed by atoms with van der Waals surface area (Å²) in [6.07, 6.45) is 0.898. The van der Waals surface area contributed by atoms with E-state index in [2.05, 4.69) is 90.1 Å². The molecule has 41 heteroatoms. The summed E-state index contributed by atoms with van der Waals surface area (Å²) in [5, 5.41) is 78.1. The van der Waals surface area contributed by atoms with Crippen molar-refractivity contribution in [1.29, 1.82) is 0 Å². The number of anilines is 2. The lowest BCUT2D eigenvalue weighted by atomic mass is 9.87. The van der Waals surface area contributed by atoms with Gasteiger partial charge in [0.05, 0.1) is 19.6 Å². The number of nitrogens with zero attached hydrogens (tertiary/aromatic N) is 2. The molecule has 0 bridgehead atoms. The predicted octanol–water partition coefficient (Wildman–Crippen LogP) is 0.147. The number of pyridine rings is 1. The minimum Gasteiger partial charge on any atom is -0.396 e. The van der Waals surface area contributed by atoms with Crippen LogP contribution in [0.25, 0.3) is 10.8 Å². The standard InChI is InChI=1S/C93H123ClN20O20/c1-52(2)41-67(81(123)105-66(18-11-12-36-97-53(3)4)90(132)114-40-14-19-75(114)88(130)101-54(5)79(95)121)106-83(125)70(44-58-25-32-65(33-26-58)104-91(133)100-39-38-98-76(118)34-37-99-89(131)78(120)93(7,8)51-116)108-85(127)71(45-57-23-30-64(31-24-57)103-80(122)73-48-77(119)113-92(134)112-73)110-87(129)74(50-115)111-86(128)72(47-60-15-13-35-96-49-60)109-84(126)69(43-56-21-28-63(94)29-22-56)107-82(124)68(102-55(6)117)46-59-20-27-61-16-9-10-17-62(61)42-59/h9-10,13,15-17,20-33,35,42,49,52-54,66-75,78,97,115-116,120H,11-12,14,18-19,34,36-41,43-48,50-51H2,1-8H3,(H2,95,121)(H,98,118)(H,99,131)(H,101,130)(H,102,117)(H,103,122)(H,105,123)(H,106,125)(H,107,124)(H,108,127)(H,109,126)(H,110,129)(H,111,128)(H2,100,104,133)(H2,112,113,119,134)/t54-,66+,67+,68-,69-,70-,71+,72-,73?,74+,75+,78?/m1/s1. The lowest BCUT2D eigenvalue weighted by Crippen LogP contribution is -2.62. The van der Waals surface area contributed by atoms with E-state index < -0.39 is 211 Å². The number of rotatable bonds is 50. The van der Waals surface area contributed by atoms with Gasteiger partial charge >= 0.3 is 12.1 Å². The Morgan fingerprint density at radius 1 is 0.537 bits per heavy atom. The first-order valence-electron chi connectivity index (χ1n) is 44.5. The normalized spacial score (nSPS) is 15.9. The number of aromatic nitrogens is 1. The first-order chi connectivity index (χ1) is 63.7. The number of hydrogen-bond donors (Lipinski definition) is 21. The molecular formula is C93H123ClN20O20. The fraction of sp³-hybridized carbons (Fsp3) is 0.462. The van der Waals surface area contributed by atoms with Crippen molar-refractivity contribution < 1.29 is 96.8 Å². The summed E-state index contributed by atoms with van der Waals surface area (Å²) in [5.74, 6) is -12.7. The van der Waals surface area contributed by atoms with Crippen LogP contribution in [0.15, 0.2) is 140 Å². The number of nitrogens with one attached hydrogen (secondary N) is 17. The number of carbonyl (C=O) groups is 17. The molecule has 134 heavy (non-hydrogen) atoms.